The zero-order valence-electron chi connectivity index (χ0n) is 36.4. The highest BCUT2D eigenvalue weighted by Crippen LogP contribution is 2.31. The Kier molecular flexibility index (Phi) is 16.0. The van der Waals surface area contributed by atoms with E-state index in [-0.39, 0.29) is 24.1 Å². The molecule has 0 bridgehead atoms. The largest absolute Gasteiger partial charge is 0.378 e. The smallest absolute Gasteiger partial charge is 0.301 e. The average Bonchev–Trinajstić information content (AvgIpc) is 4.20. The number of ether oxygens (including phenoxy) is 1. The number of rotatable bonds is 23. The van der Waals surface area contributed by atoms with Crippen molar-refractivity contribution in [2.45, 2.75) is 37.9 Å². The van der Waals surface area contributed by atoms with Crippen molar-refractivity contribution in [3.8, 4) is 27.6 Å². The number of aromatic amines is 1. The van der Waals surface area contributed by atoms with Gasteiger partial charge in [-0.2, -0.15) is 4.68 Å². The summed E-state index contributed by atoms with van der Waals surface area (Å²) in [6, 6.07) is 24.5. The first-order chi connectivity index (χ1) is 32.9. The summed E-state index contributed by atoms with van der Waals surface area (Å²) in [6.45, 7) is 4.89. The Labute approximate surface area is 396 Å². The molecule has 3 aromatic carbocycles. The number of thiazole rings is 2. The van der Waals surface area contributed by atoms with Gasteiger partial charge in [0, 0.05) is 72.0 Å². The number of azo groups is 1. The minimum Gasteiger partial charge on any atom is -0.378 e. The lowest BCUT2D eigenvalue weighted by molar-refractivity contribution is -0.121. The number of hydrogen-bond donors (Lipinski definition) is 5. The molecule has 0 aliphatic carbocycles. The fraction of sp³-hybridized carbons (Fsp3) is 0.267. The Morgan fingerprint density at radius 3 is 2.45 bits per heavy atom. The molecule has 6 N–H and O–H groups in total. The summed E-state index contributed by atoms with van der Waals surface area (Å²) >= 11 is 4.20. The number of aromatic nitrogens is 9. The highest BCUT2D eigenvalue weighted by molar-refractivity contribution is 7.99. The van der Waals surface area contributed by atoms with Crippen molar-refractivity contribution in [2.75, 3.05) is 50.5 Å². The minimum atomic E-state index is -0.398. The number of H-pyrrole nitrogens is 1. The summed E-state index contributed by atoms with van der Waals surface area (Å²) in [5.74, 6) is 1.22. The van der Waals surface area contributed by atoms with Crippen molar-refractivity contribution in [1.82, 2.24) is 55.3 Å². The highest BCUT2D eigenvalue weighted by atomic mass is 32.2. The van der Waals surface area contributed by atoms with Gasteiger partial charge in [-0.1, -0.05) is 90.6 Å². The number of nitrogens with two attached hydrogens (primary N) is 1. The molecule has 5 aromatic heterocycles. The minimum absolute atomic E-state index is 0.0712. The van der Waals surface area contributed by atoms with E-state index in [0.29, 0.717) is 102 Å². The predicted molar refractivity (Wildman–Crippen MR) is 261 cm³/mol. The van der Waals surface area contributed by atoms with Crippen LogP contribution in [0.2, 0.25) is 0 Å². The van der Waals surface area contributed by atoms with Crippen LogP contribution in [-0.4, -0.2) is 102 Å². The second-order valence-corrected chi connectivity index (χ2v) is 17.6. The molecule has 19 nitrogen and oxygen atoms in total. The number of hydrogen-bond acceptors (Lipinski definition) is 17. The number of anilines is 1. The van der Waals surface area contributed by atoms with Gasteiger partial charge in [-0.25, -0.2) is 24.6 Å². The van der Waals surface area contributed by atoms with Crippen LogP contribution in [0.25, 0.3) is 38.8 Å². The van der Waals surface area contributed by atoms with Gasteiger partial charge in [-0.05, 0) is 36.1 Å². The fourth-order valence-electron chi connectivity index (χ4n) is 6.66. The van der Waals surface area contributed by atoms with Crippen LogP contribution in [0.5, 0.6) is 0 Å². The van der Waals surface area contributed by atoms with Crippen molar-refractivity contribution in [2.24, 2.45) is 16.0 Å². The van der Waals surface area contributed by atoms with Gasteiger partial charge in [0.25, 0.3) is 5.91 Å². The molecule has 2 amide bonds. The Balaban J connectivity index is 0.745. The van der Waals surface area contributed by atoms with Crippen LogP contribution in [0.4, 0.5) is 16.6 Å². The van der Waals surface area contributed by atoms with Gasteiger partial charge < -0.3 is 26.4 Å². The second-order valence-electron chi connectivity index (χ2n) is 14.8. The maximum absolute atomic E-state index is 13.6. The normalized spacial score (nSPS) is 11.4. The van der Waals surface area contributed by atoms with E-state index in [1.165, 1.54) is 27.4 Å². The monoisotopic (exact) mass is 957 g/mol. The van der Waals surface area contributed by atoms with Crippen molar-refractivity contribution in [3.05, 3.63) is 123 Å². The molecule has 344 valence electrons. The van der Waals surface area contributed by atoms with E-state index in [0.717, 1.165) is 34.4 Å². The zero-order chi connectivity index (χ0) is 46.4. The van der Waals surface area contributed by atoms with Crippen LogP contribution < -0.4 is 27.2 Å². The maximum atomic E-state index is 13.6. The molecular formula is C45H47N15O4S3. The van der Waals surface area contributed by atoms with Crippen molar-refractivity contribution < 1.29 is 14.3 Å². The first-order valence-corrected chi connectivity index (χ1v) is 24.3. The summed E-state index contributed by atoms with van der Waals surface area (Å²) in [6.07, 6.45) is 3.56. The van der Waals surface area contributed by atoms with Gasteiger partial charge in [-0.3, -0.25) is 19.5 Å². The Hall–Kier alpha value is -6.98. The summed E-state index contributed by atoms with van der Waals surface area (Å²) in [4.78, 5) is 57.2. The quantitative estimate of drug-likeness (QED) is 0.0192. The van der Waals surface area contributed by atoms with E-state index in [2.05, 4.69) is 58.5 Å². The van der Waals surface area contributed by atoms with Gasteiger partial charge in [0.05, 0.1) is 31.1 Å². The number of nitrogens with zero attached hydrogens (tertiary/aromatic N) is 10. The third-order valence-electron chi connectivity index (χ3n) is 10.0. The molecule has 0 unspecified atom stereocenters. The molecule has 0 saturated heterocycles. The van der Waals surface area contributed by atoms with E-state index < -0.39 is 5.56 Å². The van der Waals surface area contributed by atoms with Crippen LogP contribution in [-0.2, 0) is 22.5 Å². The van der Waals surface area contributed by atoms with Gasteiger partial charge in [-0.15, -0.1) is 38.0 Å². The van der Waals surface area contributed by atoms with Crippen LogP contribution in [0.15, 0.2) is 116 Å². The number of carbonyl (C=O) groups is 2. The lowest BCUT2D eigenvalue weighted by atomic mass is 10.1. The summed E-state index contributed by atoms with van der Waals surface area (Å²) in [5, 5.41) is 34.5. The van der Waals surface area contributed by atoms with Gasteiger partial charge >= 0.3 is 5.56 Å². The van der Waals surface area contributed by atoms with Crippen molar-refractivity contribution >= 4 is 74.1 Å². The number of amides is 2. The summed E-state index contributed by atoms with van der Waals surface area (Å²) in [5.41, 5.74) is 12.0. The van der Waals surface area contributed by atoms with Gasteiger partial charge in [0.2, 0.25) is 16.2 Å². The molecule has 0 atom stereocenters. The van der Waals surface area contributed by atoms with Crippen LogP contribution in [0.3, 0.4) is 0 Å². The Morgan fingerprint density at radius 2 is 1.69 bits per heavy atom. The molecule has 67 heavy (non-hydrogen) atoms. The van der Waals surface area contributed by atoms with Gasteiger partial charge in [0.15, 0.2) is 27.8 Å². The molecule has 8 rings (SSSR count). The van der Waals surface area contributed by atoms with Crippen molar-refractivity contribution in [3.63, 3.8) is 0 Å². The van der Waals surface area contributed by atoms with Crippen LogP contribution in [0.1, 0.15) is 41.3 Å². The molecule has 0 radical (unpaired) electrons. The summed E-state index contributed by atoms with van der Waals surface area (Å²) < 4.78 is 8.77. The predicted octanol–water partition coefficient (Wildman–Crippen LogP) is 6.78. The van der Waals surface area contributed by atoms with Crippen LogP contribution >= 0.6 is 34.4 Å². The molecule has 0 fully saturated rings. The number of nitrogens with one attached hydrogen (secondary N) is 4. The molecule has 0 aliphatic heterocycles. The zero-order valence-corrected chi connectivity index (χ0v) is 38.9. The number of benzene rings is 3. The standard InChI is InChI=1S/C45H47N15O4S3/c1-2-25-65-44-52-39(48-19-18-46)38-40(53-44)59(58-55-38)27-30-10-8-29(9-11-30)12-17-35(61)47-20-23-64-24-21-49-41(62)33-15-13-31(14-16-33)34-28-67-45(51-34)60-42(63)37(54-56-43-50-22-26-66-43)36(57-60)32-6-4-3-5-7-32/h3-11,13-16,22,26,28,57H,2,12,17-21,23-25,27,46H2,1H3,(H,47,61)(H,49,62)(H,48,52,53). The van der Waals surface area contributed by atoms with E-state index in [1.54, 1.807) is 40.2 Å². The molecule has 22 heteroatoms. The van der Waals surface area contributed by atoms with Crippen LogP contribution in [0, 0.1) is 0 Å². The molecular weight excluding hydrogens is 911 g/mol. The third-order valence-corrected chi connectivity index (χ3v) is 12.6. The molecule has 8 aromatic rings. The average molecular weight is 958 g/mol. The Morgan fingerprint density at radius 1 is 0.896 bits per heavy atom. The van der Waals surface area contributed by atoms with E-state index in [4.69, 9.17) is 20.4 Å². The first kappa shape index (κ1) is 46.5. The SMILES string of the molecule is CCCSc1nc(NCCN)c2nnn(Cc3ccc(CCC(=O)NCCOCCNC(=O)c4ccc(-c5csc(-n6[nH]c(-c7ccccc7)c(N=Nc7nccs7)c6=O)n5)cc4)cc3)c2n1. The number of carbonyl (C=O) groups excluding carboxylic acids is 2. The lowest BCUT2D eigenvalue weighted by Gasteiger charge is -2.09. The summed E-state index contributed by atoms with van der Waals surface area (Å²) in [7, 11) is 0. The van der Waals surface area contributed by atoms with Crippen molar-refractivity contribution in [1.29, 1.82) is 0 Å². The topological polar surface area (TPSA) is 250 Å². The molecule has 5 heterocycles. The number of thioether (sulfide) groups is 1. The molecule has 0 saturated carbocycles. The third kappa shape index (κ3) is 12.1. The lowest BCUT2D eigenvalue weighted by Crippen LogP contribution is -2.30. The molecule has 0 aliphatic rings. The van der Waals surface area contributed by atoms with Gasteiger partial charge in [0.1, 0.15) is 0 Å². The second kappa shape index (κ2) is 23.0. The number of fused-ring (bicyclic) bond motifs is 1. The maximum Gasteiger partial charge on any atom is 0.301 e. The molecule has 0 spiro atoms. The number of aryl methyl sites for hydroxylation is 1. The fourth-order valence-corrected chi connectivity index (χ4v) is 8.60. The Bertz CT molecular complexity index is 2970. The van der Waals surface area contributed by atoms with E-state index >= 15 is 0 Å². The highest BCUT2D eigenvalue weighted by Gasteiger charge is 2.20. The van der Waals surface area contributed by atoms with E-state index in [9.17, 15) is 14.4 Å². The van der Waals surface area contributed by atoms with E-state index in [1.807, 2.05) is 72.1 Å². The first-order valence-electron chi connectivity index (χ1n) is 21.5.